The molecule has 0 saturated carbocycles. The molecule has 0 atom stereocenters. The first kappa shape index (κ1) is 15.9. The number of carbonyl (C=O) groups is 1. The Morgan fingerprint density at radius 1 is 1.18 bits per heavy atom. The molecule has 1 aromatic heterocycles. The van der Waals surface area contributed by atoms with Crippen molar-refractivity contribution >= 4 is 17.5 Å². The van der Waals surface area contributed by atoms with Crippen LogP contribution in [0.2, 0.25) is 0 Å². The number of rotatable bonds is 6. The Morgan fingerprint density at radius 3 is 2.41 bits per heavy atom. The van der Waals surface area contributed by atoms with Crippen molar-refractivity contribution in [1.29, 1.82) is 0 Å². The van der Waals surface area contributed by atoms with E-state index in [9.17, 15) is 4.79 Å². The number of aromatic nitrogens is 2. The smallest absolute Gasteiger partial charge is 0.258 e. The van der Waals surface area contributed by atoms with E-state index in [0.717, 1.165) is 16.8 Å². The SMILES string of the molecule is COCCNc1ncc(C(=O)Nc2c(C)cccc2C)cn1. The summed E-state index contributed by atoms with van der Waals surface area (Å²) in [5, 5.41) is 5.91. The van der Waals surface area contributed by atoms with Crippen LogP contribution in [0.4, 0.5) is 11.6 Å². The van der Waals surface area contributed by atoms with Gasteiger partial charge in [-0.15, -0.1) is 0 Å². The zero-order chi connectivity index (χ0) is 15.9. The second-order valence-electron chi connectivity index (χ2n) is 4.94. The van der Waals surface area contributed by atoms with Crippen LogP contribution in [0.5, 0.6) is 0 Å². The molecular weight excluding hydrogens is 280 g/mol. The monoisotopic (exact) mass is 300 g/mol. The van der Waals surface area contributed by atoms with Crippen LogP contribution in [0, 0.1) is 13.8 Å². The van der Waals surface area contributed by atoms with Crippen molar-refractivity contribution in [2.45, 2.75) is 13.8 Å². The number of hydrogen-bond acceptors (Lipinski definition) is 5. The van der Waals surface area contributed by atoms with E-state index in [0.29, 0.717) is 24.7 Å². The fourth-order valence-electron chi connectivity index (χ4n) is 2.00. The third-order valence-corrected chi connectivity index (χ3v) is 3.22. The predicted molar refractivity (Wildman–Crippen MR) is 86.3 cm³/mol. The van der Waals surface area contributed by atoms with Crippen LogP contribution < -0.4 is 10.6 Å². The lowest BCUT2D eigenvalue weighted by Crippen LogP contribution is -2.15. The summed E-state index contributed by atoms with van der Waals surface area (Å²) in [6, 6.07) is 5.88. The number of aryl methyl sites for hydroxylation is 2. The standard InChI is InChI=1S/C16H20N4O2/c1-11-5-4-6-12(2)14(11)20-15(21)13-9-18-16(19-10-13)17-7-8-22-3/h4-6,9-10H,7-8H2,1-3H3,(H,20,21)(H,17,18,19). The normalized spacial score (nSPS) is 10.3. The summed E-state index contributed by atoms with van der Waals surface area (Å²) in [6.07, 6.45) is 3.01. The van der Waals surface area contributed by atoms with Gasteiger partial charge in [0.05, 0.1) is 12.2 Å². The Kier molecular flexibility index (Phi) is 5.43. The molecule has 0 aliphatic rings. The maximum Gasteiger partial charge on any atom is 0.258 e. The number of amides is 1. The molecule has 2 aromatic rings. The summed E-state index contributed by atoms with van der Waals surface area (Å²) in [5.74, 6) is 0.251. The van der Waals surface area contributed by atoms with Gasteiger partial charge in [0.2, 0.25) is 5.95 Å². The highest BCUT2D eigenvalue weighted by Crippen LogP contribution is 2.20. The number of para-hydroxylation sites is 1. The Balaban J connectivity index is 2.04. The topological polar surface area (TPSA) is 76.1 Å². The minimum absolute atomic E-state index is 0.221. The second kappa shape index (κ2) is 7.51. The molecule has 0 spiro atoms. The molecule has 0 bridgehead atoms. The van der Waals surface area contributed by atoms with Crippen LogP contribution in [0.25, 0.3) is 0 Å². The molecule has 1 amide bonds. The summed E-state index contributed by atoms with van der Waals surface area (Å²) < 4.78 is 4.93. The molecule has 0 saturated heterocycles. The third kappa shape index (κ3) is 4.02. The van der Waals surface area contributed by atoms with Crippen molar-refractivity contribution in [2.75, 3.05) is 30.9 Å². The fraction of sp³-hybridized carbons (Fsp3) is 0.312. The van der Waals surface area contributed by atoms with E-state index in [1.54, 1.807) is 7.11 Å². The number of nitrogens with one attached hydrogen (secondary N) is 2. The molecule has 6 heteroatoms. The third-order valence-electron chi connectivity index (χ3n) is 3.22. The van der Waals surface area contributed by atoms with Crippen LogP contribution in [-0.2, 0) is 4.74 Å². The van der Waals surface area contributed by atoms with Gasteiger partial charge < -0.3 is 15.4 Å². The largest absolute Gasteiger partial charge is 0.383 e. The molecule has 22 heavy (non-hydrogen) atoms. The lowest BCUT2D eigenvalue weighted by molar-refractivity contribution is 0.102. The van der Waals surface area contributed by atoms with Crippen molar-refractivity contribution in [3.63, 3.8) is 0 Å². The Labute approximate surface area is 129 Å². The van der Waals surface area contributed by atoms with Gasteiger partial charge in [0.25, 0.3) is 5.91 Å². The quantitative estimate of drug-likeness (QED) is 0.801. The van der Waals surface area contributed by atoms with Crippen molar-refractivity contribution in [2.24, 2.45) is 0 Å². The zero-order valence-corrected chi connectivity index (χ0v) is 13.0. The van der Waals surface area contributed by atoms with E-state index in [1.807, 2.05) is 32.0 Å². The summed E-state index contributed by atoms with van der Waals surface area (Å²) >= 11 is 0. The number of ether oxygens (including phenoxy) is 1. The predicted octanol–water partition coefficient (Wildman–Crippen LogP) is 2.40. The average molecular weight is 300 g/mol. The van der Waals surface area contributed by atoms with Gasteiger partial charge in [-0.2, -0.15) is 0 Å². The van der Waals surface area contributed by atoms with E-state index >= 15 is 0 Å². The molecule has 0 aliphatic carbocycles. The number of benzene rings is 1. The molecule has 2 N–H and O–H groups in total. The highest BCUT2D eigenvalue weighted by molar-refractivity contribution is 6.04. The van der Waals surface area contributed by atoms with Gasteiger partial charge in [0, 0.05) is 31.7 Å². The Hall–Kier alpha value is -2.47. The number of nitrogens with zero attached hydrogens (tertiary/aromatic N) is 2. The summed E-state index contributed by atoms with van der Waals surface area (Å²) in [6.45, 7) is 5.10. The molecule has 1 aromatic carbocycles. The molecule has 0 fully saturated rings. The van der Waals surface area contributed by atoms with Gasteiger partial charge in [-0.1, -0.05) is 18.2 Å². The van der Waals surface area contributed by atoms with E-state index in [-0.39, 0.29) is 5.91 Å². The maximum atomic E-state index is 12.3. The number of hydrogen-bond donors (Lipinski definition) is 2. The van der Waals surface area contributed by atoms with Gasteiger partial charge in [0.15, 0.2) is 0 Å². The summed E-state index contributed by atoms with van der Waals surface area (Å²) in [7, 11) is 1.63. The molecule has 116 valence electrons. The van der Waals surface area contributed by atoms with Gasteiger partial charge >= 0.3 is 0 Å². The minimum atomic E-state index is -0.221. The minimum Gasteiger partial charge on any atom is -0.383 e. The van der Waals surface area contributed by atoms with E-state index < -0.39 is 0 Å². The molecule has 2 rings (SSSR count). The summed E-state index contributed by atoms with van der Waals surface area (Å²) in [5.41, 5.74) is 3.29. The summed E-state index contributed by atoms with van der Waals surface area (Å²) in [4.78, 5) is 20.5. The first-order chi connectivity index (χ1) is 10.6. The van der Waals surface area contributed by atoms with Crippen LogP contribution in [0.15, 0.2) is 30.6 Å². The highest BCUT2D eigenvalue weighted by atomic mass is 16.5. The number of anilines is 2. The van der Waals surface area contributed by atoms with Gasteiger partial charge in [-0.05, 0) is 25.0 Å². The molecular formula is C16H20N4O2. The van der Waals surface area contributed by atoms with Crippen molar-refractivity contribution in [1.82, 2.24) is 9.97 Å². The van der Waals surface area contributed by atoms with E-state index in [2.05, 4.69) is 20.6 Å². The molecule has 0 radical (unpaired) electrons. The van der Waals surface area contributed by atoms with Crippen LogP contribution in [0.1, 0.15) is 21.5 Å². The molecule has 0 unspecified atom stereocenters. The van der Waals surface area contributed by atoms with Crippen molar-refractivity contribution in [3.05, 3.63) is 47.3 Å². The van der Waals surface area contributed by atoms with Crippen LogP contribution in [0.3, 0.4) is 0 Å². The second-order valence-corrected chi connectivity index (χ2v) is 4.94. The lowest BCUT2D eigenvalue weighted by Gasteiger charge is -2.11. The van der Waals surface area contributed by atoms with Crippen molar-refractivity contribution in [3.8, 4) is 0 Å². The first-order valence-electron chi connectivity index (χ1n) is 7.04. The number of methoxy groups -OCH3 is 1. The van der Waals surface area contributed by atoms with Crippen LogP contribution in [-0.4, -0.2) is 36.1 Å². The Bertz CT molecular complexity index is 621. The van der Waals surface area contributed by atoms with Crippen LogP contribution >= 0.6 is 0 Å². The van der Waals surface area contributed by atoms with E-state index in [1.165, 1.54) is 12.4 Å². The van der Waals surface area contributed by atoms with Crippen molar-refractivity contribution < 1.29 is 9.53 Å². The van der Waals surface area contributed by atoms with Gasteiger partial charge in [0.1, 0.15) is 0 Å². The molecule has 0 aliphatic heterocycles. The highest BCUT2D eigenvalue weighted by Gasteiger charge is 2.10. The molecule has 1 heterocycles. The first-order valence-corrected chi connectivity index (χ1v) is 7.04. The molecule has 6 nitrogen and oxygen atoms in total. The lowest BCUT2D eigenvalue weighted by atomic mass is 10.1. The fourth-order valence-corrected chi connectivity index (χ4v) is 2.00. The van der Waals surface area contributed by atoms with E-state index in [4.69, 9.17) is 4.74 Å². The Morgan fingerprint density at radius 2 is 1.82 bits per heavy atom. The zero-order valence-electron chi connectivity index (χ0n) is 13.0. The van der Waals surface area contributed by atoms with Gasteiger partial charge in [-0.3, -0.25) is 4.79 Å². The maximum absolute atomic E-state index is 12.3. The van der Waals surface area contributed by atoms with Gasteiger partial charge in [-0.25, -0.2) is 9.97 Å². The average Bonchev–Trinajstić information content (AvgIpc) is 2.52. The number of carbonyl (C=O) groups excluding carboxylic acids is 1.